The Morgan fingerprint density at radius 2 is 2.17 bits per heavy atom. The predicted octanol–water partition coefficient (Wildman–Crippen LogP) is 1.73. The van der Waals surface area contributed by atoms with Gasteiger partial charge in [0.15, 0.2) is 23.2 Å². The molecule has 3 N–H and O–H groups in total. The van der Waals surface area contributed by atoms with Crippen LogP contribution < -0.4 is 10.6 Å². The molecule has 2 amide bonds. The maximum atomic E-state index is 12.6. The van der Waals surface area contributed by atoms with Crippen LogP contribution in [0.25, 0.3) is 11.2 Å². The lowest BCUT2D eigenvalue weighted by atomic mass is 10.2. The molecule has 12 heteroatoms. The first-order valence-electron chi connectivity index (χ1n) is 8.89. The Balaban J connectivity index is 1.67. The molecule has 0 bridgehead atoms. The first kappa shape index (κ1) is 20.9. The smallest absolute Gasteiger partial charge is 0.256 e. The molecule has 4 rings (SSSR count). The molecule has 0 radical (unpaired) electrons. The van der Waals surface area contributed by atoms with Gasteiger partial charge in [0.25, 0.3) is 5.91 Å². The number of nitrogens with zero attached hydrogens (tertiary/aromatic N) is 4. The molecule has 1 aromatic carbocycles. The maximum absolute atomic E-state index is 12.6. The Kier molecular flexibility index (Phi) is 5.86. The lowest BCUT2D eigenvalue weighted by Gasteiger charge is -2.16. The summed E-state index contributed by atoms with van der Waals surface area (Å²) in [5, 5.41) is 15.5. The Bertz CT molecular complexity index is 1140. The SMILES string of the molecule is CNC(=O)C1CC(O)C(n2cnc3c(NC(=O)c4cccc(I)c4)nc(Cl)nc32)O1. The Morgan fingerprint density at radius 1 is 1.37 bits per heavy atom. The van der Waals surface area contributed by atoms with Crippen LogP contribution in [0.4, 0.5) is 5.82 Å². The number of likely N-dealkylation sites (N-methyl/N-ethyl adjacent to an activating group) is 1. The van der Waals surface area contributed by atoms with Gasteiger partial charge in [0.1, 0.15) is 12.2 Å². The van der Waals surface area contributed by atoms with Crippen LogP contribution in [0, 0.1) is 3.57 Å². The molecular weight excluding hydrogens is 527 g/mol. The standard InChI is InChI=1S/C18H16ClIN6O4/c1-21-16(29)11-6-10(27)17(30-11)26-7-22-12-13(24-18(19)25-14(12)26)23-15(28)8-3-2-4-9(20)5-8/h2-5,7,10-11,17,27H,6H2,1H3,(H,21,29)(H,23,24,25,28). The van der Waals surface area contributed by atoms with E-state index in [9.17, 15) is 14.7 Å². The van der Waals surface area contributed by atoms with Crippen molar-refractivity contribution in [2.75, 3.05) is 12.4 Å². The number of aliphatic hydroxyl groups excluding tert-OH is 1. The van der Waals surface area contributed by atoms with Crippen LogP contribution in [0.15, 0.2) is 30.6 Å². The van der Waals surface area contributed by atoms with E-state index in [-0.39, 0.29) is 40.5 Å². The number of aliphatic hydroxyl groups is 1. The van der Waals surface area contributed by atoms with Gasteiger partial charge in [-0.05, 0) is 52.4 Å². The molecule has 3 aromatic rings. The van der Waals surface area contributed by atoms with Crippen LogP contribution in [-0.2, 0) is 9.53 Å². The number of ether oxygens (including phenoxy) is 1. The molecule has 2 aromatic heterocycles. The number of aromatic nitrogens is 4. The fraction of sp³-hybridized carbons (Fsp3) is 0.278. The van der Waals surface area contributed by atoms with Gasteiger partial charge in [0.2, 0.25) is 11.2 Å². The number of rotatable bonds is 4. The van der Waals surface area contributed by atoms with Crippen LogP contribution in [0.2, 0.25) is 5.28 Å². The van der Waals surface area contributed by atoms with E-state index in [0.29, 0.717) is 5.56 Å². The summed E-state index contributed by atoms with van der Waals surface area (Å²) in [5.41, 5.74) is 0.985. The van der Waals surface area contributed by atoms with Gasteiger partial charge in [-0.25, -0.2) is 4.98 Å². The second-order valence-corrected chi connectivity index (χ2v) is 8.15. The van der Waals surface area contributed by atoms with Crippen molar-refractivity contribution in [3.05, 3.63) is 45.0 Å². The molecule has 0 spiro atoms. The Hall–Kier alpha value is -2.35. The molecule has 1 saturated heterocycles. The van der Waals surface area contributed by atoms with E-state index in [4.69, 9.17) is 16.3 Å². The van der Waals surface area contributed by atoms with E-state index in [2.05, 4.69) is 48.2 Å². The fourth-order valence-electron chi connectivity index (χ4n) is 3.20. The number of benzene rings is 1. The van der Waals surface area contributed by atoms with E-state index >= 15 is 0 Å². The average Bonchev–Trinajstić information content (AvgIpc) is 3.30. The minimum Gasteiger partial charge on any atom is -0.388 e. The summed E-state index contributed by atoms with van der Waals surface area (Å²) in [4.78, 5) is 37.0. The highest BCUT2D eigenvalue weighted by Gasteiger charge is 2.39. The normalized spacial score (nSPS) is 21.0. The summed E-state index contributed by atoms with van der Waals surface area (Å²) in [6, 6.07) is 7.06. The number of amides is 2. The first-order valence-corrected chi connectivity index (χ1v) is 10.3. The van der Waals surface area contributed by atoms with Gasteiger partial charge < -0.3 is 20.5 Å². The summed E-state index contributed by atoms with van der Waals surface area (Å²) in [6.07, 6.45) is -1.12. The lowest BCUT2D eigenvalue weighted by molar-refractivity contribution is -0.134. The van der Waals surface area contributed by atoms with E-state index in [1.165, 1.54) is 17.9 Å². The Morgan fingerprint density at radius 3 is 2.90 bits per heavy atom. The summed E-state index contributed by atoms with van der Waals surface area (Å²) in [5.74, 6) is -0.585. The maximum Gasteiger partial charge on any atom is 0.256 e. The highest BCUT2D eigenvalue weighted by Crippen LogP contribution is 2.32. The van der Waals surface area contributed by atoms with Gasteiger partial charge in [-0.2, -0.15) is 9.97 Å². The molecule has 1 aliphatic heterocycles. The second-order valence-electron chi connectivity index (χ2n) is 6.56. The number of carbonyl (C=O) groups excluding carboxylic acids is 2. The van der Waals surface area contributed by atoms with Crippen molar-refractivity contribution in [3.8, 4) is 0 Å². The van der Waals surface area contributed by atoms with Gasteiger partial charge in [-0.15, -0.1) is 0 Å². The molecule has 3 unspecified atom stereocenters. The van der Waals surface area contributed by atoms with Crippen molar-refractivity contribution in [1.29, 1.82) is 0 Å². The summed E-state index contributed by atoms with van der Waals surface area (Å²) in [7, 11) is 1.49. The number of fused-ring (bicyclic) bond motifs is 1. The van der Waals surface area contributed by atoms with Crippen molar-refractivity contribution in [2.45, 2.75) is 24.9 Å². The van der Waals surface area contributed by atoms with E-state index in [1.54, 1.807) is 18.2 Å². The van der Waals surface area contributed by atoms with Gasteiger partial charge >= 0.3 is 0 Å². The van der Waals surface area contributed by atoms with Crippen molar-refractivity contribution in [1.82, 2.24) is 24.8 Å². The van der Waals surface area contributed by atoms with E-state index in [1.807, 2.05) is 6.07 Å². The molecule has 1 aliphatic rings. The van der Waals surface area contributed by atoms with Crippen LogP contribution in [0.3, 0.4) is 0 Å². The number of hydrogen-bond donors (Lipinski definition) is 3. The topological polar surface area (TPSA) is 131 Å². The number of anilines is 1. The highest BCUT2D eigenvalue weighted by atomic mass is 127. The molecule has 156 valence electrons. The van der Waals surface area contributed by atoms with Crippen LogP contribution in [-0.4, -0.2) is 55.7 Å². The monoisotopic (exact) mass is 542 g/mol. The van der Waals surface area contributed by atoms with Gasteiger partial charge in [0, 0.05) is 22.6 Å². The van der Waals surface area contributed by atoms with Crippen molar-refractivity contribution >= 4 is 63.0 Å². The number of hydrogen-bond acceptors (Lipinski definition) is 7. The van der Waals surface area contributed by atoms with Gasteiger partial charge in [0.05, 0.1) is 6.33 Å². The lowest BCUT2D eigenvalue weighted by Crippen LogP contribution is -2.31. The second kappa shape index (κ2) is 8.41. The van der Waals surface area contributed by atoms with Crippen LogP contribution in [0.1, 0.15) is 23.0 Å². The van der Waals surface area contributed by atoms with E-state index < -0.39 is 18.4 Å². The average molecular weight is 543 g/mol. The molecular formula is C18H16ClIN6O4. The third-order valence-corrected chi connectivity index (χ3v) is 5.45. The first-order chi connectivity index (χ1) is 14.4. The summed E-state index contributed by atoms with van der Waals surface area (Å²) >= 11 is 8.19. The molecule has 3 heterocycles. The number of halogens is 2. The van der Waals surface area contributed by atoms with Gasteiger partial charge in [-0.3, -0.25) is 14.2 Å². The molecule has 0 aliphatic carbocycles. The number of carbonyl (C=O) groups is 2. The zero-order chi connectivity index (χ0) is 21.4. The molecule has 0 saturated carbocycles. The highest BCUT2D eigenvalue weighted by molar-refractivity contribution is 14.1. The van der Waals surface area contributed by atoms with Gasteiger partial charge in [-0.1, -0.05) is 6.07 Å². The van der Waals surface area contributed by atoms with Crippen molar-refractivity contribution < 1.29 is 19.4 Å². The quantitative estimate of drug-likeness (QED) is 0.338. The minimum atomic E-state index is -0.956. The van der Waals surface area contributed by atoms with Crippen molar-refractivity contribution in [2.24, 2.45) is 0 Å². The molecule has 10 nitrogen and oxygen atoms in total. The fourth-order valence-corrected chi connectivity index (χ4v) is 3.91. The van der Waals surface area contributed by atoms with Crippen LogP contribution in [0.5, 0.6) is 0 Å². The molecule has 3 atom stereocenters. The summed E-state index contributed by atoms with van der Waals surface area (Å²) < 4.78 is 8.07. The number of imidazole rings is 1. The van der Waals surface area contributed by atoms with E-state index in [0.717, 1.165) is 3.57 Å². The zero-order valence-corrected chi connectivity index (χ0v) is 18.5. The molecule has 30 heavy (non-hydrogen) atoms. The minimum absolute atomic E-state index is 0.113. The number of nitrogens with one attached hydrogen (secondary N) is 2. The van der Waals surface area contributed by atoms with Crippen molar-refractivity contribution in [3.63, 3.8) is 0 Å². The zero-order valence-electron chi connectivity index (χ0n) is 15.5. The third kappa shape index (κ3) is 3.97. The predicted molar refractivity (Wildman–Crippen MR) is 116 cm³/mol. The summed E-state index contributed by atoms with van der Waals surface area (Å²) in [6.45, 7) is 0. The largest absolute Gasteiger partial charge is 0.388 e. The molecule has 1 fully saturated rings. The van der Waals surface area contributed by atoms with Crippen LogP contribution >= 0.6 is 34.2 Å². The Labute approximate surface area is 189 Å². The third-order valence-electron chi connectivity index (χ3n) is 4.61.